The maximum absolute atomic E-state index is 9.76. The molecule has 0 aliphatic heterocycles. The largest absolute Gasteiger partial charge is 0.393 e. The fraction of sp³-hybridized carbons (Fsp3) is 1.00. The highest BCUT2D eigenvalue weighted by molar-refractivity contribution is 4.62. The van der Waals surface area contributed by atoms with Crippen molar-refractivity contribution < 1.29 is 10.2 Å². The molecule has 0 amide bonds. The highest BCUT2D eigenvalue weighted by Crippen LogP contribution is 2.13. The first-order valence-corrected chi connectivity index (χ1v) is 7.56. The molecule has 0 aliphatic carbocycles. The highest BCUT2D eigenvalue weighted by Gasteiger charge is 2.08. The molecule has 2 heteroatoms. The molecule has 0 saturated heterocycles. The Morgan fingerprint density at radius 3 is 1.47 bits per heavy atom. The smallest absolute Gasteiger partial charge is 0.0541 e. The summed E-state index contributed by atoms with van der Waals surface area (Å²) in [6.45, 7) is 4.37. The molecule has 0 aromatic carbocycles. The van der Waals surface area contributed by atoms with Crippen LogP contribution in [0.1, 0.15) is 84.5 Å². The Morgan fingerprint density at radius 2 is 1.00 bits per heavy atom. The molecular formula is C15H32O2. The zero-order chi connectivity index (χ0) is 12.9. The van der Waals surface area contributed by atoms with Gasteiger partial charge in [0.15, 0.2) is 0 Å². The predicted octanol–water partition coefficient (Wildman–Crippen LogP) is 4.04. The lowest BCUT2D eigenvalue weighted by Gasteiger charge is -2.14. The topological polar surface area (TPSA) is 40.5 Å². The van der Waals surface area contributed by atoms with Crippen molar-refractivity contribution in [3.63, 3.8) is 0 Å². The molecule has 0 saturated carbocycles. The van der Waals surface area contributed by atoms with Crippen LogP contribution in [0, 0.1) is 0 Å². The van der Waals surface area contributed by atoms with E-state index in [0.29, 0.717) is 0 Å². The predicted molar refractivity (Wildman–Crippen MR) is 74.1 cm³/mol. The molecule has 0 spiro atoms. The highest BCUT2D eigenvalue weighted by atomic mass is 16.3. The molecule has 0 radical (unpaired) electrons. The van der Waals surface area contributed by atoms with Gasteiger partial charge in [0.2, 0.25) is 0 Å². The van der Waals surface area contributed by atoms with E-state index in [4.69, 9.17) is 0 Å². The van der Waals surface area contributed by atoms with E-state index in [2.05, 4.69) is 13.8 Å². The molecule has 2 unspecified atom stereocenters. The average molecular weight is 244 g/mol. The van der Waals surface area contributed by atoms with Crippen LogP contribution in [-0.2, 0) is 0 Å². The number of hydrogen-bond acceptors (Lipinski definition) is 2. The van der Waals surface area contributed by atoms with Gasteiger partial charge in [-0.15, -0.1) is 0 Å². The van der Waals surface area contributed by atoms with Crippen molar-refractivity contribution in [3.8, 4) is 0 Å². The SMILES string of the molecule is CCCCCCC(O)CCC(O)CCCCC. The first-order valence-electron chi connectivity index (χ1n) is 7.56. The van der Waals surface area contributed by atoms with Crippen LogP contribution < -0.4 is 0 Å². The molecule has 17 heavy (non-hydrogen) atoms. The van der Waals surface area contributed by atoms with E-state index in [9.17, 15) is 10.2 Å². The van der Waals surface area contributed by atoms with Crippen molar-refractivity contribution in [2.75, 3.05) is 0 Å². The van der Waals surface area contributed by atoms with E-state index in [-0.39, 0.29) is 12.2 Å². The number of rotatable bonds is 12. The molecule has 0 rings (SSSR count). The van der Waals surface area contributed by atoms with Gasteiger partial charge in [-0.2, -0.15) is 0 Å². The zero-order valence-corrected chi connectivity index (χ0v) is 11.8. The Bertz CT molecular complexity index is 148. The summed E-state index contributed by atoms with van der Waals surface area (Å²) in [6, 6.07) is 0. The minimum atomic E-state index is -0.202. The van der Waals surface area contributed by atoms with E-state index >= 15 is 0 Å². The molecule has 2 atom stereocenters. The molecule has 0 aromatic heterocycles. The molecule has 0 fully saturated rings. The van der Waals surface area contributed by atoms with Gasteiger partial charge in [-0.05, 0) is 25.7 Å². The molecule has 0 bridgehead atoms. The second-order valence-corrected chi connectivity index (χ2v) is 5.23. The molecule has 0 aromatic rings. The minimum absolute atomic E-state index is 0.201. The van der Waals surface area contributed by atoms with Crippen molar-refractivity contribution in [1.82, 2.24) is 0 Å². The fourth-order valence-corrected chi connectivity index (χ4v) is 2.11. The average Bonchev–Trinajstić information content (AvgIpc) is 2.32. The Kier molecular flexibility index (Phi) is 12.3. The van der Waals surface area contributed by atoms with Gasteiger partial charge in [-0.25, -0.2) is 0 Å². The summed E-state index contributed by atoms with van der Waals surface area (Å²) in [4.78, 5) is 0. The summed E-state index contributed by atoms with van der Waals surface area (Å²) in [5.74, 6) is 0. The Balaban J connectivity index is 3.32. The van der Waals surface area contributed by atoms with Gasteiger partial charge in [0.1, 0.15) is 0 Å². The van der Waals surface area contributed by atoms with E-state index in [1.807, 2.05) is 0 Å². The van der Waals surface area contributed by atoms with Gasteiger partial charge in [0, 0.05) is 0 Å². The van der Waals surface area contributed by atoms with Crippen LogP contribution in [0.3, 0.4) is 0 Å². The van der Waals surface area contributed by atoms with E-state index in [0.717, 1.165) is 38.5 Å². The maximum atomic E-state index is 9.76. The van der Waals surface area contributed by atoms with Crippen LogP contribution in [-0.4, -0.2) is 22.4 Å². The normalized spacial score (nSPS) is 14.8. The zero-order valence-electron chi connectivity index (χ0n) is 11.8. The van der Waals surface area contributed by atoms with Crippen molar-refractivity contribution >= 4 is 0 Å². The third-order valence-electron chi connectivity index (χ3n) is 3.36. The lowest BCUT2D eigenvalue weighted by atomic mass is 10.0. The summed E-state index contributed by atoms with van der Waals surface area (Å²) in [7, 11) is 0. The van der Waals surface area contributed by atoms with E-state index < -0.39 is 0 Å². The van der Waals surface area contributed by atoms with Crippen LogP contribution in [0.2, 0.25) is 0 Å². The van der Waals surface area contributed by atoms with Crippen LogP contribution in [0.5, 0.6) is 0 Å². The standard InChI is InChI=1S/C15H32O2/c1-3-5-7-9-11-15(17)13-12-14(16)10-8-6-4-2/h14-17H,3-13H2,1-2H3. The van der Waals surface area contributed by atoms with E-state index in [1.54, 1.807) is 0 Å². The van der Waals surface area contributed by atoms with Gasteiger partial charge in [-0.3, -0.25) is 0 Å². The summed E-state index contributed by atoms with van der Waals surface area (Å²) in [5, 5.41) is 19.5. The van der Waals surface area contributed by atoms with Crippen molar-refractivity contribution in [2.24, 2.45) is 0 Å². The number of aliphatic hydroxyl groups is 2. The van der Waals surface area contributed by atoms with Gasteiger partial charge >= 0.3 is 0 Å². The van der Waals surface area contributed by atoms with Gasteiger partial charge in [0.25, 0.3) is 0 Å². The number of unbranched alkanes of at least 4 members (excludes halogenated alkanes) is 5. The summed E-state index contributed by atoms with van der Waals surface area (Å²) in [6.07, 6.45) is 11.3. The van der Waals surface area contributed by atoms with Gasteiger partial charge < -0.3 is 10.2 Å². The first-order chi connectivity index (χ1) is 8.20. The Hall–Kier alpha value is -0.0800. The molecular weight excluding hydrogens is 212 g/mol. The second-order valence-electron chi connectivity index (χ2n) is 5.23. The monoisotopic (exact) mass is 244 g/mol. The lowest BCUT2D eigenvalue weighted by molar-refractivity contribution is 0.101. The van der Waals surface area contributed by atoms with E-state index in [1.165, 1.54) is 32.1 Å². The van der Waals surface area contributed by atoms with Gasteiger partial charge in [0.05, 0.1) is 12.2 Å². The van der Waals surface area contributed by atoms with Crippen molar-refractivity contribution in [1.29, 1.82) is 0 Å². The molecule has 2 nitrogen and oxygen atoms in total. The molecule has 0 heterocycles. The summed E-state index contributed by atoms with van der Waals surface area (Å²) >= 11 is 0. The van der Waals surface area contributed by atoms with Crippen molar-refractivity contribution in [2.45, 2.75) is 96.7 Å². The van der Waals surface area contributed by atoms with Crippen LogP contribution >= 0.6 is 0 Å². The number of aliphatic hydroxyl groups excluding tert-OH is 2. The fourth-order valence-electron chi connectivity index (χ4n) is 2.11. The Morgan fingerprint density at radius 1 is 0.588 bits per heavy atom. The van der Waals surface area contributed by atoms with Crippen LogP contribution in [0.25, 0.3) is 0 Å². The quantitative estimate of drug-likeness (QED) is 0.509. The Labute approximate surface area is 107 Å². The molecule has 104 valence electrons. The second kappa shape index (κ2) is 12.4. The minimum Gasteiger partial charge on any atom is -0.393 e. The summed E-state index contributed by atoms with van der Waals surface area (Å²) in [5.41, 5.74) is 0. The van der Waals surface area contributed by atoms with Crippen LogP contribution in [0.4, 0.5) is 0 Å². The van der Waals surface area contributed by atoms with Crippen molar-refractivity contribution in [3.05, 3.63) is 0 Å². The first kappa shape index (κ1) is 16.9. The lowest BCUT2D eigenvalue weighted by Crippen LogP contribution is -2.13. The third kappa shape index (κ3) is 12.2. The van der Waals surface area contributed by atoms with Gasteiger partial charge in [-0.1, -0.05) is 58.8 Å². The summed E-state index contributed by atoms with van der Waals surface area (Å²) < 4.78 is 0. The third-order valence-corrected chi connectivity index (χ3v) is 3.36. The molecule has 0 aliphatic rings. The number of hydrogen-bond donors (Lipinski definition) is 2. The van der Waals surface area contributed by atoms with Crippen LogP contribution in [0.15, 0.2) is 0 Å². The maximum Gasteiger partial charge on any atom is 0.0541 e. The molecule has 2 N–H and O–H groups in total.